The number of aliphatic hydroxyl groups excluding tert-OH is 1. The van der Waals surface area contributed by atoms with E-state index in [1.807, 2.05) is 36.4 Å². The molecule has 1 aliphatic rings. The van der Waals surface area contributed by atoms with Crippen molar-refractivity contribution >= 4 is 12.0 Å². The van der Waals surface area contributed by atoms with Crippen molar-refractivity contribution in [1.82, 2.24) is 4.90 Å². The SMILES string of the molecule is COc1ccccc1/C=C/CN1CC[C@H](O)[C@](CCC(C)C)(C(=O)O)C1. The van der Waals surface area contributed by atoms with E-state index in [2.05, 4.69) is 18.7 Å². The molecule has 5 nitrogen and oxygen atoms in total. The number of carboxylic acid groups (broad SMARTS) is 1. The second kappa shape index (κ2) is 9.19. The molecule has 0 bridgehead atoms. The highest BCUT2D eigenvalue weighted by atomic mass is 16.5. The van der Waals surface area contributed by atoms with Gasteiger partial charge in [0, 0.05) is 25.2 Å². The predicted molar refractivity (Wildman–Crippen MR) is 103 cm³/mol. The maximum absolute atomic E-state index is 12.0. The van der Waals surface area contributed by atoms with Gasteiger partial charge >= 0.3 is 5.97 Å². The Kier molecular flexibility index (Phi) is 7.23. The topological polar surface area (TPSA) is 70.0 Å². The van der Waals surface area contributed by atoms with Crippen LogP contribution in [0.5, 0.6) is 5.75 Å². The Morgan fingerprint density at radius 2 is 2.15 bits per heavy atom. The van der Waals surface area contributed by atoms with Gasteiger partial charge in [0.1, 0.15) is 11.2 Å². The average molecular weight is 361 g/mol. The van der Waals surface area contributed by atoms with Gasteiger partial charge in [-0.25, -0.2) is 0 Å². The van der Waals surface area contributed by atoms with Crippen molar-refractivity contribution in [3.05, 3.63) is 35.9 Å². The molecular formula is C21H31NO4. The molecule has 1 aliphatic heterocycles. The van der Waals surface area contributed by atoms with E-state index >= 15 is 0 Å². The zero-order valence-electron chi connectivity index (χ0n) is 16.0. The van der Waals surface area contributed by atoms with Crippen LogP contribution in [-0.4, -0.2) is 53.9 Å². The molecule has 0 aliphatic carbocycles. The minimum absolute atomic E-state index is 0.381. The summed E-state index contributed by atoms with van der Waals surface area (Å²) in [6.07, 6.45) is 5.05. The van der Waals surface area contributed by atoms with Gasteiger partial charge in [0.2, 0.25) is 0 Å². The van der Waals surface area contributed by atoms with Crippen LogP contribution in [0.25, 0.3) is 6.08 Å². The Bertz CT molecular complexity index is 628. The van der Waals surface area contributed by atoms with E-state index in [0.717, 1.165) is 17.7 Å². The van der Waals surface area contributed by atoms with Crippen molar-refractivity contribution in [1.29, 1.82) is 0 Å². The van der Waals surface area contributed by atoms with Crippen molar-refractivity contribution in [2.24, 2.45) is 11.3 Å². The van der Waals surface area contributed by atoms with Gasteiger partial charge in [-0.15, -0.1) is 0 Å². The lowest BCUT2D eigenvalue weighted by Gasteiger charge is -2.43. The summed E-state index contributed by atoms with van der Waals surface area (Å²) in [4.78, 5) is 14.1. The molecule has 1 aromatic carbocycles. The summed E-state index contributed by atoms with van der Waals surface area (Å²) in [5.74, 6) is 0.345. The van der Waals surface area contributed by atoms with Crippen LogP contribution in [0.4, 0.5) is 0 Å². The van der Waals surface area contributed by atoms with Gasteiger partial charge in [-0.05, 0) is 31.2 Å². The first-order chi connectivity index (χ1) is 12.4. The normalized spacial score (nSPS) is 24.3. The maximum atomic E-state index is 12.0. The number of benzene rings is 1. The van der Waals surface area contributed by atoms with Crippen LogP contribution in [-0.2, 0) is 4.79 Å². The van der Waals surface area contributed by atoms with Crippen molar-refractivity contribution in [2.75, 3.05) is 26.7 Å². The third kappa shape index (κ3) is 4.86. The van der Waals surface area contributed by atoms with E-state index in [0.29, 0.717) is 38.4 Å². The Balaban J connectivity index is 2.06. The second-order valence-corrected chi connectivity index (χ2v) is 7.58. The maximum Gasteiger partial charge on any atom is 0.313 e. The van der Waals surface area contributed by atoms with E-state index in [1.165, 1.54) is 0 Å². The zero-order valence-corrected chi connectivity index (χ0v) is 16.0. The van der Waals surface area contributed by atoms with Crippen molar-refractivity contribution < 1.29 is 19.7 Å². The largest absolute Gasteiger partial charge is 0.496 e. The molecule has 0 unspecified atom stereocenters. The van der Waals surface area contributed by atoms with Gasteiger partial charge in [0.05, 0.1) is 13.2 Å². The first kappa shape index (κ1) is 20.5. The molecular weight excluding hydrogens is 330 g/mol. The summed E-state index contributed by atoms with van der Waals surface area (Å²) in [7, 11) is 1.65. The Morgan fingerprint density at radius 1 is 1.42 bits per heavy atom. The van der Waals surface area contributed by atoms with Gasteiger partial charge in [0.15, 0.2) is 0 Å². The van der Waals surface area contributed by atoms with Crippen LogP contribution >= 0.6 is 0 Å². The summed E-state index contributed by atoms with van der Waals surface area (Å²) in [6.45, 7) is 5.90. The van der Waals surface area contributed by atoms with E-state index in [1.54, 1.807) is 7.11 Å². The molecule has 26 heavy (non-hydrogen) atoms. The van der Waals surface area contributed by atoms with E-state index in [9.17, 15) is 15.0 Å². The predicted octanol–water partition coefficient (Wildman–Crippen LogP) is 3.28. The molecule has 1 fully saturated rings. The lowest BCUT2D eigenvalue weighted by atomic mass is 9.73. The minimum atomic E-state index is -1.07. The van der Waals surface area contributed by atoms with Crippen LogP contribution in [0.1, 0.15) is 38.7 Å². The monoisotopic (exact) mass is 361 g/mol. The molecule has 2 rings (SSSR count). The standard InChI is InChI=1S/C21H31NO4/c1-16(2)10-12-21(20(24)25)15-22(14-11-19(21)23)13-6-8-17-7-4-5-9-18(17)26-3/h4-9,16,19,23H,10-15H2,1-3H3,(H,24,25)/b8-6+/t19-,21+/m0/s1. The number of nitrogens with zero attached hydrogens (tertiary/aromatic N) is 1. The van der Waals surface area contributed by atoms with Crippen LogP contribution in [0.15, 0.2) is 30.3 Å². The van der Waals surface area contributed by atoms with Gasteiger partial charge in [-0.3, -0.25) is 9.69 Å². The van der Waals surface area contributed by atoms with Crippen molar-refractivity contribution in [3.63, 3.8) is 0 Å². The van der Waals surface area contributed by atoms with Crippen LogP contribution in [0, 0.1) is 11.3 Å². The molecule has 2 N–H and O–H groups in total. The second-order valence-electron chi connectivity index (χ2n) is 7.58. The van der Waals surface area contributed by atoms with Crippen molar-refractivity contribution in [2.45, 2.75) is 39.2 Å². The number of hydrogen-bond donors (Lipinski definition) is 2. The van der Waals surface area contributed by atoms with E-state index in [4.69, 9.17) is 4.74 Å². The Hall–Kier alpha value is -1.85. The number of carbonyl (C=O) groups is 1. The lowest BCUT2D eigenvalue weighted by molar-refractivity contribution is -0.164. The summed E-state index contributed by atoms with van der Waals surface area (Å²) in [6, 6.07) is 7.79. The molecule has 0 saturated carbocycles. The molecule has 144 valence electrons. The highest BCUT2D eigenvalue weighted by Crippen LogP contribution is 2.36. The van der Waals surface area contributed by atoms with Crippen molar-refractivity contribution in [3.8, 4) is 5.75 Å². The number of likely N-dealkylation sites (tertiary alicyclic amines) is 1. The molecule has 1 heterocycles. The molecule has 0 spiro atoms. The third-order valence-corrected chi connectivity index (χ3v) is 5.26. The van der Waals surface area contributed by atoms with Crippen LogP contribution < -0.4 is 4.74 Å². The Morgan fingerprint density at radius 3 is 2.81 bits per heavy atom. The Labute approximate surface area is 156 Å². The fourth-order valence-corrected chi connectivity index (χ4v) is 3.56. The average Bonchev–Trinajstić information content (AvgIpc) is 2.62. The highest BCUT2D eigenvalue weighted by Gasteiger charge is 2.48. The van der Waals surface area contributed by atoms with Crippen LogP contribution in [0.3, 0.4) is 0 Å². The molecule has 1 saturated heterocycles. The van der Waals surface area contributed by atoms with Gasteiger partial charge in [-0.1, -0.05) is 44.2 Å². The number of carboxylic acids is 1. The van der Waals surface area contributed by atoms with Gasteiger partial charge < -0.3 is 14.9 Å². The number of rotatable bonds is 8. The number of aliphatic hydroxyl groups is 1. The summed E-state index contributed by atoms with van der Waals surface area (Å²) in [5.41, 5.74) is -0.0720. The molecule has 0 radical (unpaired) electrons. The first-order valence-electron chi connectivity index (χ1n) is 9.32. The summed E-state index contributed by atoms with van der Waals surface area (Å²) in [5, 5.41) is 20.3. The summed E-state index contributed by atoms with van der Waals surface area (Å²) >= 11 is 0. The van der Waals surface area contributed by atoms with E-state index in [-0.39, 0.29) is 0 Å². The van der Waals surface area contributed by atoms with Crippen LogP contribution in [0.2, 0.25) is 0 Å². The number of aliphatic carboxylic acids is 1. The molecule has 0 aromatic heterocycles. The molecule has 1 aromatic rings. The third-order valence-electron chi connectivity index (χ3n) is 5.26. The molecule has 5 heteroatoms. The highest BCUT2D eigenvalue weighted by molar-refractivity contribution is 5.76. The molecule has 2 atom stereocenters. The lowest BCUT2D eigenvalue weighted by Crippen LogP contribution is -2.56. The number of piperidine rings is 1. The number of para-hydroxylation sites is 1. The smallest absolute Gasteiger partial charge is 0.313 e. The summed E-state index contributed by atoms with van der Waals surface area (Å²) < 4.78 is 5.35. The fourth-order valence-electron chi connectivity index (χ4n) is 3.56. The fraction of sp³-hybridized carbons (Fsp3) is 0.571. The number of hydrogen-bond acceptors (Lipinski definition) is 4. The van der Waals surface area contributed by atoms with E-state index < -0.39 is 17.5 Å². The zero-order chi connectivity index (χ0) is 19.2. The first-order valence-corrected chi connectivity index (χ1v) is 9.32. The molecule has 0 amide bonds. The van der Waals surface area contributed by atoms with Gasteiger partial charge in [-0.2, -0.15) is 0 Å². The number of methoxy groups -OCH3 is 1. The minimum Gasteiger partial charge on any atom is -0.496 e. The van der Waals surface area contributed by atoms with Gasteiger partial charge in [0.25, 0.3) is 0 Å². The quantitative estimate of drug-likeness (QED) is 0.744. The number of ether oxygens (including phenoxy) is 1.